The fourth-order valence-electron chi connectivity index (χ4n) is 1.34. The number of hydrogen-bond acceptors (Lipinski definition) is 2. The van der Waals surface area contributed by atoms with Gasteiger partial charge in [0.1, 0.15) is 4.60 Å². The molecular weight excluding hydrogens is 206 g/mol. The molecule has 0 amide bonds. The van der Waals surface area contributed by atoms with Crippen molar-refractivity contribution < 1.29 is 0 Å². The highest BCUT2D eigenvalue weighted by molar-refractivity contribution is 9.10. The zero-order valence-corrected chi connectivity index (χ0v) is 7.76. The Kier molecular flexibility index (Phi) is 1.96. The normalized spacial score (nSPS) is 17.5. The maximum atomic E-state index is 4.30. The molecule has 0 spiro atoms. The number of hydrogen-bond donors (Lipinski definition) is 1. The maximum Gasteiger partial charge on any atom is 0.128 e. The van der Waals surface area contributed by atoms with E-state index in [2.05, 4.69) is 37.1 Å². The molecule has 1 aliphatic rings. The second-order valence-corrected chi connectivity index (χ2v) is 3.49. The molecule has 0 saturated heterocycles. The van der Waals surface area contributed by atoms with Crippen molar-refractivity contribution in [2.45, 2.75) is 13.0 Å². The first kappa shape index (κ1) is 7.31. The monoisotopic (exact) mass is 215 g/mol. The second kappa shape index (κ2) is 2.95. The average Bonchev–Trinajstić information content (AvgIpc) is 2.17. The van der Waals surface area contributed by atoms with E-state index in [0.29, 0.717) is 0 Å². The van der Waals surface area contributed by atoms with Gasteiger partial charge in [-0.3, -0.25) is 4.68 Å². The molecule has 0 saturated carbocycles. The lowest BCUT2D eigenvalue weighted by atomic mass is 10.3. The van der Waals surface area contributed by atoms with Crippen LogP contribution in [0.1, 0.15) is 5.69 Å². The fraction of sp³-hybridized carbons (Fsp3) is 0.571. The van der Waals surface area contributed by atoms with E-state index >= 15 is 0 Å². The summed E-state index contributed by atoms with van der Waals surface area (Å²) in [5.41, 5.74) is 1.32. The van der Waals surface area contributed by atoms with Crippen molar-refractivity contribution in [1.82, 2.24) is 15.1 Å². The van der Waals surface area contributed by atoms with Crippen molar-refractivity contribution in [3.63, 3.8) is 0 Å². The molecule has 0 fully saturated rings. The Morgan fingerprint density at radius 2 is 2.45 bits per heavy atom. The molecule has 2 rings (SSSR count). The van der Waals surface area contributed by atoms with Crippen molar-refractivity contribution in [3.8, 4) is 0 Å². The molecule has 0 atom stereocenters. The van der Waals surface area contributed by atoms with Gasteiger partial charge in [0.05, 0.1) is 6.54 Å². The zero-order valence-electron chi connectivity index (χ0n) is 6.18. The highest BCUT2D eigenvalue weighted by atomic mass is 79.9. The quantitative estimate of drug-likeness (QED) is 0.694. The molecule has 3 nitrogen and oxygen atoms in total. The van der Waals surface area contributed by atoms with Crippen molar-refractivity contribution in [2.75, 3.05) is 13.1 Å². The lowest BCUT2D eigenvalue weighted by molar-refractivity contribution is 0.586. The van der Waals surface area contributed by atoms with Gasteiger partial charge in [0, 0.05) is 25.2 Å². The molecule has 11 heavy (non-hydrogen) atoms. The van der Waals surface area contributed by atoms with Crippen LogP contribution in [0.3, 0.4) is 0 Å². The Hall–Kier alpha value is -0.350. The molecule has 2 heterocycles. The Morgan fingerprint density at radius 3 is 3.36 bits per heavy atom. The third-order valence-electron chi connectivity index (χ3n) is 1.89. The first-order chi connectivity index (χ1) is 5.36. The van der Waals surface area contributed by atoms with Gasteiger partial charge >= 0.3 is 0 Å². The predicted molar refractivity (Wildman–Crippen MR) is 46.5 cm³/mol. The summed E-state index contributed by atoms with van der Waals surface area (Å²) in [5.74, 6) is 0. The van der Waals surface area contributed by atoms with Crippen LogP contribution in [0, 0.1) is 0 Å². The van der Waals surface area contributed by atoms with Gasteiger partial charge in [0.15, 0.2) is 0 Å². The van der Waals surface area contributed by atoms with Crippen molar-refractivity contribution in [1.29, 1.82) is 0 Å². The highest BCUT2D eigenvalue weighted by Gasteiger charge is 2.08. The van der Waals surface area contributed by atoms with Crippen LogP contribution < -0.4 is 5.32 Å². The minimum atomic E-state index is 0.953. The summed E-state index contributed by atoms with van der Waals surface area (Å²) in [6.07, 6.45) is 1.08. The fourth-order valence-corrected chi connectivity index (χ4v) is 1.80. The van der Waals surface area contributed by atoms with Gasteiger partial charge in [-0.15, -0.1) is 0 Å². The average molecular weight is 216 g/mol. The van der Waals surface area contributed by atoms with Crippen LogP contribution in [-0.2, 0) is 13.0 Å². The summed E-state index contributed by atoms with van der Waals surface area (Å²) >= 11 is 3.37. The molecule has 1 aliphatic heterocycles. The lowest BCUT2D eigenvalue weighted by Gasteiger charge is -1.98. The number of rotatable bonds is 0. The first-order valence-electron chi connectivity index (χ1n) is 3.79. The van der Waals surface area contributed by atoms with Crippen LogP contribution in [0.4, 0.5) is 0 Å². The third-order valence-corrected chi connectivity index (χ3v) is 2.28. The highest BCUT2D eigenvalue weighted by Crippen LogP contribution is 2.11. The van der Waals surface area contributed by atoms with E-state index in [4.69, 9.17) is 0 Å². The third kappa shape index (κ3) is 1.46. The molecule has 4 heteroatoms. The molecule has 1 N–H and O–H groups in total. The lowest BCUT2D eigenvalue weighted by Crippen LogP contribution is -2.17. The van der Waals surface area contributed by atoms with Crippen molar-refractivity contribution in [2.24, 2.45) is 0 Å². The molecule has 0 bridgehead atoms. The van der Waals surface area contributed by atoms with Gasteiger partial charge in [-0.2, -0.15) is 5.10 Å². The molecule has 0 aliphatic carbocycles. The number of fused-ring (bicyclic) bond motifs is 1. The van der Waals surface area contributed by atoms with E-state index in [0.717, 1.165) is 30.7 Å². The minimum absolute atomic E-state index is 0.953. The maximum absolute atomic E-state index is 4.30. The molecule has 0 radical (unpaired) electrons. The Balaban J connectivity index is 2.32. The molecule has 0 unspecified atom stereocenters. The van der Waals surface area contributed by atoms with Gasteiger partial charge in [0.2, 0.25) is 0 Å². The van der Waals surface area contributed by atoms with Gasteiger partial charge in [-0.05, 0) is 22.0 Å². The van der Waals surface area contributed by atoms with Gasteiger partial charge in [-0.1, -0.05) is 0 Å². The van der Waals surface area contributed by atoms with Crippen LogP contribution in [-0.4, -0.2) is 22.9 Å². The molecule has 1 aromatic heterocycles. The summed E-state index contributed by atoms with van der Waals surface area (Å²) in [4.78, 5) is 0. The SMILES string of the molecule is Brc1cc2n(n1)CCNCC2. The van der Waals surface area contributed by atoms with Crippen LogP contribution in [0.25, 0.3) is 0 Å². The molecule has 1 aromatic rings. The van der Waals surface area contributed by atoms with Crippen LogP contribution in [0.5, 0.6) is 0 Å². The summed E-state index contributed by atoms with van der Waals surface area (Å²) in [7, 11) is 0. The Bertz CT molecular complexity index is 233. The van der Waals surface area contributed by atoms with Crippen molar-refractivity contribution in [3.05, 3.63) is 16.4 Å². The number of nitrogens with zero attached hydrogens (tertiary/aromatic N) is 2. The predicted octanol–water partition coefficient (Wildman–Crippen LogP) is 0.791. The van der Waals surface area contributed by atoms with Crippen LogP contribution in [0.15, 0.2) is 10.7 Å². The molecular formula is C7H10BrN3. The van der Waals surface area contributed by atoms with E-state index in [1.54, 1.807) is 0 Å². The van der Waals surface area contributed by atoms with E-state index < -0.39 is 0 Å². The number of nitrogens with one attached hydrogen (secondary N) is 1. The summed E-state index contributed by atoms with van der Waals surface area (Å²) in [6, 6.07) is 2.09. The second-order valence-electron chi connectivity index (χ2n) is 2.68. The molecule has 0 aromatic carbocycles. The van der Waals surface area contributed by atoms with Gasteiger partial charge < -0.3 is 5.32 Å². The first-order valence-corrected chi connectivity index (χ1v) is 4.58. The van der Waals surface area contributed by atoms with Crippen LogP contribution in [0.2, 0.25) is 0 Å². The standard InChI is InChI=1S/C7H10BrN3/c8-7-5-6-1-2-9-3-4-11(6)10-7/h5,9H,1-4H2. The number of halogens is 1. The largest absolute Gasteiger partial charge is 0.315 e. The van der Waals surface area contributed by atoms with Crippen molar-refractivity contribution >= 4 is 15.9 Å². The zero-order chi connectivity index (χ0) is 7.68. The van der Waals surface area contributed by atoms with E-state index in [-0.39, 0.29) is 0 Å². The Morgan fingerprint density at radius 1 is 1.55 bits per heavy atom. The van der Waals surface area contributed by atoms with Gasteiger partial charge in [-0.25, -0.2) is 0 Å². The number of aromatic nitrogens is 2. The van der Waals surface area contributed by atoms with Gasteiger partial charge in [0.25, 0.3) is 0 Å². The summed E-state index contributed by atoms with van der Waals surface area (Å²) < 4.78 is 3.01. The summed E-state index contributed by atoms with van der Waals surface area (Å²) in [5, 5.41) is 7.63. The summed E-state index contributed by atoms with van der Waals surface area (Å²) in [6.45, 7) is 3.08. The van der Waals surface area contributed by atoms with E-state index in [1.165, 1.54) is 5.69 Å². The minimum Gasteiger partial charge on any atom is -0.315 e. The van der Waals surface area contributed by atoms with Crippen LogP contribution >= 0.6 is 15.9 Å². The van der Waals surface area contributed by atoms with E-state index in [9.17, 15) is 0 Å². The Labute approximate surface area is 73.9 Å². The topological polar surface area (TPSA) is 29.9 Å². The van der Waals surface area contributed by atoms with E-state index in [1.807, 2.05) is 0 Å². The smallest absolute Gasteiger partial charge is 0.128 e. The molecule has 60 valence electrons.